The summed E-state index contributed by atoms with van der Waals surface area (Å²) >= 11 is 5.74. The molecule has 6 nitrogen and oxygen atoms in total. The summed E-state index contributed by atoms with van der Waals surface area (Å²) < 4.78 is 0. The minimum atomic E-state index is -0.473. The number of halogens is 1. The molecule has 0 saturated heterocycles. The molecule has 0 aliphatic heterocycles. The molecule has 0 unspecified atom stereocenters. The molecule has 1 aromatic rings. The van der Waals surface area contributed by atoms with Crippen LogP contribution in [0.15, 0.2) is 0 Å². The Morgan fingerprint density at radius 3 is 2.67 bits per heavy atom. The highest BCUT2D eigenvalue weighted by Gasteiger charge is 2.40. The fourth-order valence-corrected chi connectivity index (χ4v) is 2.19. The predicted octanol–water partition coefficient (Wildman–Crippen LogP) is 2.95. The van der Waals surface area contributed by atoms with Crippen LogP contribution < -0.4 is 5.32 Å². The summed E-state index contributed by atoms with van der Waals surface area (Å²) in [6.07, 6.45) is 3.37. The van der Waals surface area contributed by atoms with E-state index in [1.807, 2.05) is 0 Å². The quantitative estimate of drug-likeness (QED) is 0.505. The molecule has 0 atom stereocenters. The van der Waals surface area contributed by atoms with E-state index < -0.39 is 4.92 Å². The van der Waals surface area contributed by atoms with Gasteiger partial charge >= 0.3 is 5.69 Å². The third-order valence-corrected chi connectivity index (χ3v) is 3.72. The van der Waals surface area contributed by atoms with E-state index in [9.17, 15) is 10.1 Å². The number of hydrogen-bond donors (Lipinski definition) is 1. The molecule has 1 N–H and O–H groups in total. The van der Waals surface area contributed by atoms with E-state index in [-0.39, 0.29) is 27.9 Å². The summed E-state index contributed by atoms with van der Waals surface area (Å²) in [5, 5.41) is 14.1. The lowest BCUT2D eigenvalue weighted by Crippen LogP contribution is -2.17. The third-order valence-electron chi connectivity index (χ3n) is 3.55. The molecule has 1 heterocycles. The highest BCUT2D eigenvalue weighted by Crippen LogP contribution is 2.48. The second-order valence-electron chi connectivity index (χ2n) is 4.74. The molecule has 18 heavy (non-hydrogen) atoms. The molecular formula is C11H15ClN4O2. The van der Waals surface area contributed by atoms with Crippen LogP contribution in [0, 0.1) is 22.5 Å². The molecular weight excluding hydrogens is 256 g/mol. The number of aryl methyl sites for hydroxylation is 1. The summed E-state index contributed by atoms with van der Waals surface area (Å²) in [7, 11) is 0. The predicted molar refractivity (Wildman–Crippen MR) is 68.9 cm³/mol. The zero-order valence-corrected chi connectivity index (χ0v) is 11.1. The first kappa shape index (κ1) is 13.0. The zero-order chi connectivity index (χ0) is 13.3. The maximum absolute atomic E-state index is 11.0. The van der Waals surface area contributed by atoms with Gasteiger partial charge in [-0.2, -0.15) is 4.98 Å². The van der Waals surface area contributed by atoms with Gasteiger partial charge in [0, 0.05) is 6.54 Å². The third kappa shape index (κ3) is 2.53. The SMILES string of the molecule is CCC1(CNc2nc(Cl)nc(C)c2[N+](=O)[O-])CC1. The van der Waals surface area contributed by atoms with Crippen molar-refractivity contribution in [3.63, 3.8) is 0 Å². The normalized spacial score (nSPS) is 16.4. The van der Waals surface area contributed by atoms with Gasteiger partial charge in [-0.15, -0.1) is 0 Å². The monoisotopic (exact) mass is 270 g/mol. The van der Waals surface area contributed by atoms with Gasteiger partial charge in [-0.05, 0) is 43.2 Å². The van der Waals surface area contributed by atoms with Crippen molar-refractivity contribution in [2.75, 3.05) is 11.9 Å². The van der Waals surface area contributed by atoms with E-state index in [0.29, 0.717) is 6.54 Å². The molecule has 0 radical (unpaired) electrons. The molecule has 2 rings (SSSR count). The van der Waals surface area contributed by atoms with Crippen LogP contribution in [-0.4, -0.2) is 21.4 Å². The van der Waals surface area contributed by atoms with Gasteiger partial charge in [0.25, 0.3) is 0 Å². The first-order chi connectivity index (χ1) is 8.47. The van der Waals surface area contributed by atoms with Gasteiger partial charge in [0.15, 0.2) is 0 Å². The van der Waals surface area contributed by atoms with Crippen molar-refractivity contribution in [1.29, 1.82) is 0 Å². The van der Waals surface area contributed by atoms with Crippen molar-refractivity contribution >= 4 is 23.1 Å². The minimum Gasteiger partial charge on any atom is -0.364 e. The van der Waals surface area contributed by atoms with Crippen LogP contribution in [0.3, 0.4) is 0 Å². The molecule has 1 aliphatic rings. The Kier molecular flexibility index (Phi) is 3.38. The van der Waals surface area contributed by atoms with Crippen LogP contribution in [-0.2, 0) is 0 Å². The Morgan fingerprint density at radius 2 is 2.17 bits per heavy atom. The first-order valence-corrected chi connectivity index (χ1v) is 6.28. The maximum Gasteiger partial charge on any atom is 0.332 e. The van der Waals surface area contributed by atoms with Crippen LogP contribution in [0.5, 0.6) is 0 Å². The Labute approximate surface area is 110 Å². The van der Waals surface area contributed by atoms with E-state index in [1.165, 1.54) is 0 Å². The van der Waals surface area contributed by atoms with Crippen molar-refractivity contribution in [2.24, 2.45) is 5.41 Å². The van der Waals surface area contributed by atoms with E-state index >= 15 is 0 Å². The number of rotatable bonds is 5. The van der Waals surface area contributed by atoms with Gasteiger partial charge < -0.3 is 5.32 Å². The maximum atomic E-state index is 11.0. The molecule has 0 aromatic carbocycles. The average molecular weight is 271 g/mol. The smallest absolute Gasteiger partial charge is 0.332 e. The Bertz CT molecular complexity index is 488. The summed E-state index contributed by atoms with van der Waals surface area (Å²) in [6.45, 7) is 4.38. The van der Waals surface area contributed by atoms with Gasteiger partial charge in [-0.25, -0.2) is 4.98 Å². The number of nitro groups is 1. The standard InChI is InChI=1S/C11H15ClN4O2/c1-3-11(4-5-11)6-13-9-8(16(17)18)7(2)14-10(12)15-9/h3-6H2,1-2H3,(H,13,14,15). The van der Waals surface area contributed by atoms with Crippen molar-refractivity contribution in [3.05, 3.63) is 21.1 Å². The summed E-state index contributed by atoms with van der Waals surface area (Å²) in [5.41, 5.74) is 0.467. The number of aromatic nitrogens is 2. The highest BCUT2D eigenvalue weighted by molar-refractivity contribution is 6.28. The van der Waals surface area contributed by atoms with E-state index in [2.05, 4.69) is 22.2 Å². The van der Waals surface area contributed by atoms with Crippen LogP contribution in [0.4, 0.5) is 11.5 Å². The Balaban J connectivity index is 2.23. The van der Waals surface area contributed by atoms with Crippen LogP contribution in [0.1, 0.15) is 31.9 Å². The highest BCUT2D eigenvalue weighted by atomic mass is 35.5. The van der Waals surface area contributed by atoms with Crippen molar-refractivity contribution in [1.82, 2.24) is 9.97 Å². The lowest BCUT2D eigenvalue weighted by atomic mass is 10.0. The lowest BCUT2D eigenvalue weighted by Gasteiger charge is -2.14. The number of nitrogens with one attached hydrogen (secondary N) is 1. The molecule has 98 valence electrons. The van der Waals surface area contributed by atoms with Crippen LogP contribution >= 0.6 is 11.6 Å². The second kappa shape index (κ2) is 4.68. The number of anilines is 1. The topological polar surface area (TPSA) is 81.0 Å². The van der Waals surface area contributed by atoms with Crippen molar-refractivity contribution in [2.45, 2.75) is 33.1 Å². The summed E-state index contributed by atoms with van der Waals surface area (Å²) in [4.78, 5) is 18.3. The lowest BCUT2D eigenvalue weighted by molar-refractivity contribution is -0.385. The average Bonchev–Trinajstić information content (AvgIpc) is 3.05. The van der Waals surface area contributed by atoms with E-state index in [0.717, 1.165) is 19.3 Å². The van der Waals surface area contributed by atoms with Gasteiger partial charge in [0.1, 0.15) is 5.69 Å². The summed E-state index contributed by atoms with van der Waals surface area (Å²) in [6, 6.07) is 0. The van der Waals surface area contributed by atoms with Crippen molar-refractivity contribution < 1.29 is 4.92 Å². The van der Waals surface area contributed by atoms with Gasteiger partial charge in [0.05, 0.1) is 4.92 Å². The molecule has 0 amide bonds. The number of hydrogen-bond acceptors (Lipinski definition) is 5. The largest absolute Gasteiger partial charge is 0.364 e. The fourth-order valence-electron chi connectivity index (χ4n) is 1.98. The summed E-state index contributed by atoms with van der Waals surface area (Å²) in [5.74, 6) is 0.220. The molecule has 0 bridgehead atoms. The van der Waals surface area contributed by atoms with Gasteiger partial charge in [-0.3, -0.25) is 10.1 Å². The minimum absolute atomic E-state index is 0.0296. The zero-order valence-electron chi connectivity index (χ0n) is 10.4. The molecule has 7 heteroatoms. The van der Waals surface area contributed by atoms with Crippen LogP contribution in [0.25, 0.3) is 0 Å². The number of nitrogens with zero attached hydrogens (tertiary/aromatic N) is 3. The molecule has 1 aromatic heterocycles. The van der Waals surface area contributed by atoms with E-state index in [4.69, 9.17) is 11.6 Å². The first-order valence-electron chi connectivity index (χ1n) is 5.90. The molecule has 1 aliphatic carbocycles. The Hall–Kier alpha value is -1.43. The second-order valence-corrected chi connectivity index (χ2v) is 5.08. The Morgan fingerprint density at radius 1 is 1.50 bits per heavy atom. The van der Waals surface area contributed by atoms with Gasteiger partial charge in [0.2, 0.25) is 11.1 Å². The van der Waals surface area contributed by atoms with Crippen LogP contribution in [0.2, 0.25) is 5.28 Å². The molecule has 0 spiro atoms. The van der Waals surface area contributed by atoms with Gasteiger partial charge in [-0.1, -0.05) is 6.92 Å². The molecule has 1 fully saturated rings. The van der Waals surface area contributed by atoms with E-state index in [1.54, 1.807) is 6.92 Å². The fraction of sp³-hybridized carbons (Fsp3) is 0.636. The molecule has 1 saturated carbocycles. The van der Waals surface area contributed by atoms with Crippen molar-refractivity contribution in [3.8, 4) is 0 Å².